The van der Waals surface area contributed by atoms with Crippen molar-refractivity contribution in [2.75, 3.05) is 25.2 Å². The van der Waals surface area contributed by atoms with Gasteiger partial charge in [-0.2, -0.15) is 11.8 Å². The third kappa shape index (κ3) is 9.51. The number of para-hydroxylation sites is 1. The number of aryl methyl sites for hydroxylation is 1. The van der Waals surface area contributed by atoms with Crippen molar-refractivity contribution in [1.82, 2.24) is 5.32 Å². The zero-order chi connectivity index (χ0) is 25.8. The van der Waals surface area contributed by atoms with E-state index in [-0.39, 0.29) is 18.9 Å². The SMILES string of the molecule is CSCC[C@H](NC(=O)c1ccc(OCCCCOc2ccccc2)cc1-c1ccccc1C)C(=O)[O-].[Li+]. The molecule has 3 aromatic carbocycles. The van der Waals surface area contributed by atoms with Gasteiger partial charge >= 0.3 is 18.9 Å². The number of rotatable bonds is 14. The van der Waals surface area contributed by atoms with Crippen molar-refractivity contribution in [3.05, 3.63) is 83.9 Å². The topological polar surface area (TPSA) is 87.7 Å². The molecule has 37 heavy (non-hydrogen) atoms. The molecule has 0 spiro atoms. The van der Waals surface area contributed by atoms with Gasteiger partial charge in [-0.05, 0) is 85.2 Å². The van der Waals surface area contributed by atoms with Crippen LogP contribution in [-0.2, 0) is 4.79 Å². The average Bonchev–Trinajstić information content (AvgIpc) is 2.89. The number of thioether (sulfide) groups is 1. The molecule has 0 saturated carbocycles. The summed E-state index contributed by atoms with van der Waals surface area (Å²) in [4.78, 5) is 24.7. The van der Waals surface area contributed by atoms with Crippen LogP contribution in [0.2, 0.25) is 0 Å². The molecule has 1 atom stereocenters. The normalized spacial score (nSPS) is 11.2. The van der Waals surface area contributed by atoms with E-state index >= 15 is 0 Å². The zero-order valence-corrected chi connectivity index (χ0v) is 22.5. The fourth-order valence-corrected chi connectivity index (χ4v) is 4.20. The number of ether oxygens (including phenoxy) is 2. The number of carboxylic acid groups (broad SMARTS) is 1. The minimum absolute atomic E-state index is 0. The largest absolute Gasteiger partial charge is 1.00 e. The van der Waals surface area contributed by atoms with E-state index in [4.69, 9.17) is 9.47 Å². The molecule has 0 unspecified atom stereocenters. The number of unbranched alkanes of at least 4 members (excludes halogenated alkanes) is 1. The van der Waals surface area contributed by atoms with Crippen molar-refractivity contribution in [1.29, 1.82) is 0 Å². The van der Waals surface area contributed by atoms with Gasteiger partial charge in [-0.15, -0.1) is 0 Å². The molecule has 0 aliphatic carbocycles. The number of benzene rings is 3. The number of hydrogen-bond acceptors (Lipinski definition) is 6. The summed E-state index contributed by atoms with van der Waals surface area (Å²) in [6.45, 7) is 3.09. The van der Waals surface area contributed by atoms with Gasteiger partial charge in [0.25, 0.3) is 5.91 Å². The quantitative estimate of drug-likeness (QED) is 0.260. The first-order chi connectivity index (χ1) is 17.5. The molecule has 0 aliphatic rings. The van der Waals surface area contributed by atoms with Gasteiger partial charge in [-0.25, -0.2) is 0 Å². The third-order valence-electron chi connectivity index (χ3n) is 5.69. The van der Waals surface area contributed by atoms with Gasteiger partial charge in [0.15, 0.2) is 0 Å². The van der Waals surface area contributed by atoms with Gasteiger partial charge in [0.2, 0.25) is 0 Å². The Morgan fingerprint density at radius 2 is 1.54 bits per heavy atom. The van der Waals surface area contributed by atoms with Crippen molar-refractivity contribution in [3.8, 4) is 22.6 Å². The number of carbonyl (C=O) groups excluding carboxylic acids is 2. The molecule has 0 fully saturated rings. The Labute approximate surface area is 235 Å². The summed E-state index contributed by atoms with van der Waals surface area (Å²) in [6.07, 6.45) is 3.85. The number of nitrogens with one attached hydrogen (secondary N) is 1. The van der Waals surface area contributed by atoms with Gasteiger partial charge in [0.05, 0.1) is 25.2 Å². The van der Waals surface area contributed by atoms with E-state index in [9.17, 15) is 14.7 Å². The Kier molecular flexibility index (Phi) is 13.2. The van der Waals surface area contributed by atoms with Crippen LogP contribution in [-0.4, -0.2) is 43.1 Å². The van der Waals surface area contributed by atoms with Gasteiger partial charge in [-0.3, -0.25) is 4.79 Å². The van der Waals surface area contributed by atoms with Crippen LogP contribution in [0.3, 0.4) is 0 Å². The summed E-state index contributed by atoms with van der Waals surface area (Å²) in [5.41, 5.74) is 2.97. The van der Waals surface area contributed by atoms with E-state index in [1.165, 1.54) is 11.8 Å². The summed E-state index contributed by atoms with van der Waals surface area (Å²) >= 11 is 1.52. The second-order valence-electron chi connectivity index (χ2n) is 8.37. The van der Waals surface area contributed by atoms with E-state index in [2.05, 4.69) is 5.32 Å². The first-order valence-electron chi connectivity index (χ1n) is 12.0. The van der Waals surface area contributed by atoms with Gasteiger partial charge in [0.1, 0.15) is 11.5 Å². The second-order valence-corrected chi connectivity index (χ2v) is 9.35. The van der Waals surface area contributed by atoms with Crippen LogP contribution in [0.15, 0.2) is 72.8 Å². The smallest absolute Gasteiger partial charge is 0.548 e. The van der Waals surface area contributed by atoms with Gasteiger partial charge in [-0.1, -0.05) is 42.5 Å². The van der Waals surface area contributed by atoms with E-state index in [1.54, 1.807) is 12.1 Å². The van der Waals surface area contributed by atoms with E-state index in [1.807, 2.05) is 73.8 Å². The number of hydrogen-bond donors (Lipinski definition) is 1. The average molecular weight is 514 g/mol. The van der Waals surface area contributed by atoms with Crippen LogP contribution < -0.4 is 38.8 Å². The fraction of sp³-hybridized carbons (Fsp3) is 0.310. The maximum absolute atomic E-state index is 13.1. The molecular formula is C29H32LiNO5S. The first-order valence-corrected chi connectivity index (χ1v) is 13.4. The molecule has 1 N–H and O–H groups in total. The minimum atomic E-state index is -1.29. The van der Waals surface area contributed by atoms with Gasteiger partial charge < -0.3 is 24.7 Å². The Hall–Kier alpha value is -2.85. The summed E-state index contributed by atoms with van der Waals surface area (Å²) in [5.74, 6) is 0.364. The molecule has 3 aromatic rings. The molecule has 3 rings (SSSR count). The van der Waals surface area contributed by atoms with Crippen LogP contribution in [0, 0.1) is 6.92 Å². The monoisotopic (exact) mass is 513 g/mol. The van der Waals surface area contributed by atoms with E-state index < -0.39 is 17.9 Å². The summed E-state index contributed by atoms with van der Waals surface area (Å²) in [7, 11) is 0. The maximum Gasteiger partial charge on any atom is 1.00 e. The minimum Gasteiger partial charge on any atom is -0.548 e. The Balaban J connectivity index is 0.00000481. The van der Waals surface area contributed by atoms with Crippen molar-refractivity contribution in [3.63, 3.8) is 0 Å². The Bertz CT molecular complexity index is 1140. The van der Waals surface area contributed by atoms with Crippen LogP contribution in [0.5, 0.6) is 11.5 Å². The van der Waals surface area contributed by atoms with Crippen molar-refractivity contribution in [2.45, 2.75) is 32.2 Å². The molecule has 1 amide bonds. The number of carbonyl (C=O) groups is 2. The third-order valence-corrected chi connectivity index (χ3v) is 6.33. The predicted molar refractivity (Wildman–Crippen MR) is 143 cm³/mol. The predicted octanol–water partition coefficient (Wildman–Crippen LogP) is 1.51. The fourth-order valence-electron chi connectivity index (χ4n) is 3.73. The molecule has 0 aromatic heterocycles. The maximum atomic E-state index is 13.1. The molecule has 0 aliphatic heterocycles. The Morgan fingerprint density at radius 1 is 0.892 bits per heavy atom. The molecule has 0 heterocycles. The van der Waals surface area contributed by atoms with Crippen molar-refractivity contribution < 1.29 is 43.0 Å². The number of amides is 1. The summed E-state index contributed by atoms with van der Waals surface area (Å²) in [5, 5.41) is 14.2. The first kappa shape index (κ1) is 30.4. The second kappa shape index (κ2) is 16.1. The van der Waals surface area contributed by atoms with Crippen molar-refractivity contribution >= 4 is 23.6 Å². The number of carboxylic acids is 1. The van der Waals surface area contributed by atoms with Gasteiger partial charge in [0, 0.05) is 5.56 Å². The van der Waals surface area contributed by atoms with Crippen LogP contribution >= 0.6 is 11.8 Å². The van der Waals surface area contributed by atoms with Crippen molar-refractivity contribution in [2.24, 2.45) is 0 Å². The molecule has 0 radical (unpaired) electrons. The van der Waals surface area contributed by atoms with Crippen LogP contribution in [0.25, 0.3) is 11.1 Å². The van der Waals surface area contributed by atoms with Crippen LogP contribution in [0.1, 0.15) is 35.2 Å². The molecule has 0 bridgehead atoms. The molecular weight excluding hydrogens is 481 g/mol. The van der Waals surface area contributed by atoms with Crippen LogP contribution in [0.4, 0.5) is 0 Å². The molecule has 6 nitrogen and oxygen atoms in total. The van der Waals surface area contributed by atoms with E-state index in [0.717, 1.165) is 29.7 Å². The summed E-state index contributed by atoms with van der Waals surface area (Å²) < 4.78 is 11.7. The molecule has 190 valence electrons. The Morgan fingerprint density at radius 3 is 2.19 bits per heavy atom. The molecule has 8 heteroatoms. The standard InChI is InChI=1S/C29H33NO5S.Li/c1-21-10-6-7-13-24(21)26-20-23(35-18-9-8-17-34-22-11-4-3-5-12-22)14-15-25(26)28(31)30-27(29(32)33)16-19-36-2;/h3-7,10-15,20,27H,8-9,16-19H2,1-2H3,(H,30,31)(H,32,33);/q;+1/p-1/t27-;/m0./s1. The number of aliphatic carboxylic acids is 1. The van der Waals surface area contributed by atoms with E-state index in [0.29, 0.717) is 42.3 Å². The summed E-state index contributed by atoms with van der Waals surface area (Å²) in [6, 6.07) is 21.7. The molecule has 0 saturated heterocycles. The zero-order valence-electron chi connectivity index (χ0n) is 21.7.